The largest absolute Gasteiger partial charge is 0.486 e. The van der Waals surface area contributed by atoms with Gasteiger partial charge >= 0.3 is 5.97 Å². The molecule has 0 radical (unpaired) electrons. The molecule has 20 heavy (non-hydrogen) atoms. The van der Waals surface area contributed by atoms with E-state index in [4.69, 9.17) is 10.5 Å². The molecule has 0 unspecified atom stereocenters. The molecule has 0 saturated heterocycles. The van der Waals surface area contributed by atoms with Crippen LogP contribution in [0.25, 0.3) is 0 Å². The lowest BCUT2D eigenvalue weighted by Gasteiger charge is -2.10. The Bertz CT molecular complexity index is 614. The van der Waals surface area contributed by atoms with Gasteiger partial charge in [-0.3, -0.25) is 0 Å². The van der Waals surface area contributed by atoms with Crippen LogP contribution in [0.5, 0.6) is 5.75 Å². The van der Waals surface area contributed by atoms with Gasteiger partial charge in [0.05, 0.1) is 12.7 Å². The standard InChI is InChI=1S/C15H14FNO3/c1-19-15(18)11-7-14(12(16)8-13(11)17)20-9-10-5-3-2-4-6-10/h2-8H,9,17H2,1H3. The zero-order chi connectivity index (χ0) is 14.5. The van der Waals surface area contributed by atoms with Crippen molar-refractivity contribution in [2.45, 2.75) is 6.61 Å². The first-order valence-corrected chi connectivity index (χ1v) is 5.96. The molecule has 0 fully saturated rings. The number of nitrogens with two attached hydrogens (primary N) is 1. The maximum Gasteiger partial charge on any atom is 0.340 e. The zero-order valence-electron chi connectivity index (χ0n) is 10.9. The highest BCUT2D eigenvalue weighted by molar-refractivity contribution is 5.95. The lowest BCUT2D eigenvalue weighted by molar-refractivity contribution is 0.0601. The van der Waals surface area contributed by atoms with Crippen LogP contribution in [0.3, 0.4) is 0 Å². The molecular formula is C15H14FNO3. The number of rotatable bonds is 4. The molecule has 0 atom stereocenters. The van der Waals surface area contributed by atoms with E-state index in [1.165, 1.54) is 13.2 Å². The molecule has 0 bridgehead atoms. The molecule has 0 aliphatic carbocycles. The lowest BCUT2D eigenvalue weighted by Crippen LogP contribution is -2.07. The SMILES string of the molecule is COC(=O)c1cc(OCc2ccccc2)c(F)cc1N. The molecule has 4 nitrogen and oxygen atoms in total. The van der Waals surface area contributed by atoms with Gasteiger partial charge in [-0.15, -0.1) is 0 Å². The molecular weight excluding hydrogens is 261 g/mol. The summed E-state index contributed by atoms with van der Waals surface area (Å²) in [4.78, 5) is 11.5. The van der Waals surface area contributed by atoms with Crippen molar-refractivity contribution < 1.29 is 18.7 Å². The second-order valence-electron chi connectivity index (χ2n) is 4.14. The van der Waals surface area contributed by atoms with Crippen molar-refractivity contribution >= 4 is 11.7 Å². The molecule has 2 rings (SSSR count). The Morgan fingerprint density at radius 1 is 1.25 bits per heavy atom. The fraction of sp³-hybridized carbons (Fsp3) is 0.133. The predicted octanol–water partition coefficient (Wildman–Crippen LogP) is 2.77. The minimum absolute atomic E-state index is 0.0152. The van der Waals surface area contributed by atoms with Gasteiger partial charge in [0.1, 0.15) is 6.61 Å². The summed E-state index contributed by atoms with van der Waals surface area (Å²) in [5, 5.41) is 0. The number of esters is 1. The maximum absolute atomic E-state index is 13.7. The highest BCUT2D eigenvalue weighted by Crippen LogP contribution is 2.25. The van der Waals surface area contributed by atoms with Crippen molar-refractivity contribution in [3.8, 4) is 5.75 Å². The smallest absolute Gasteiger partial charge is 0.340 e. The van der Waals surface area contributed by atoms with Crippen LogP contribution in [0.4, 0.5) is 10.1 Å². The van der Waals surface area contributed by atoms with Crippen molar-refractivity contribution in [2.24, 2.45) is 0 Å². The van der Waals surface area contributed by atoms with Crippen molar-refractivity contribution in [3.63, 3.8) is 0 Å². The van der Waals surface area contributed by atoms with Crippen LogP contribution in [-0.4, -0.2) is 13.1 Å². The molecule has 0 aliphatic rings. The predicted molar refractivity (Wildman–Crippen MR) is 72.9 cm³/mol. The molecule has 2 aromatic rings. The van der Waals surface area contributed by atoms with Gasteiger partial charge in [0, 0.05) is 11.8 Å². The molecule has 0 aromatic heterocycles. The third-order valence-corrected chi connectivity index (χ3v) is 2.75. The first-order chi connectivity index (χ1) is 9.61. The summed E-state index contributed by atoms with van der Waals surface area (Å²) in [5.41, 5.74) is 6.57. The van der Waals surface area contributed by atoms with E-state index >= 15 is 0 Å². The quantitative estimate of drug-likeness (QED) is 0.688. The molecule has 104 valence electrons. The number of ether oxygens (including phenoxy) is 2. The van der Waals surface area contributed by atoms with E-state index in [1.807, 2.05) is 30.3 Å². The van der Waals surface area contributed by atoms with Crippen LogP contribution in [0, 0.1) is 5.82 Å². The Balaban J connectivity index is 2.21. The summed E-state index contributed by atoms with van der Waals surface area (Å²) < 4.78 is 23.7. The molecule has 0 saturated carbocycles. The summed E-state index contributed by atoms with van der Waals surface area (Å²) >= 11 is 0. The van der Waals surface area contributed by atoms with Crippen molar-refractivity contribution in [2.75, 3.05) is 12.8 Å². The monoisotopic (exact) mass is 275 g/mol. The first kappa shape index (κ1) is 13.9. The highest BCUT2D eigenvalue weighted by Gasteiger charge is 2.15. The number of hydrogen-bond acceptors (Lipinski definition) is 4. The Kier molecular flexibility index (Phi) is 4.20. The molecule has 0 heterocycles. The average Bonchev–Trinajstić information content (AvgIpc) is 2.46. The van der Waals surface area contributed by atoms with Crippen LogP contribution >= 0.6 is 0 Å². The third-order valence-electron chi connectivity index (χ3n) is 2.75. The number of benzene rings is 2. The fourth-order valence-corrected chi connectivity index (χ4v) is 1.70. The number of hydrogen-bond donors (Lipinski definition) is 1. The van der Waals surface area contributed by atoms with Gasteiger partial charge in [0.25, 0.3) is 0 Å². The van der Waals surface area contributed by atoms with Crippen LogP contribution in [0.15, 0.2) is 42.5 Å². The van der Waals surface area contributed by atoms with Gasteiger partial charge < -0.3 is 15.2 Å². The molecule has 5 heteroatoms. The molecule has 0 amide bonds. The number of anilines is 1. The molecule has 0 aliphatic heterocycles. The van der Waals surface area contributed by atoms with Crippen LogP contribution in [0.2, 0.25) is 0 Å². The molecule has 2 aromatic carbocycles. The maximum atomic E-state index is 13.7. The zero-order valence-corrected chi connectivity index (χ0v) is 10.9. The van der Waals surface area contributed by atoms with Crippen molar-refractivity contribution in [1.29, 1.82) is 0 Å². The van der Waals surface area contributed by atoms with E-state index in [1.54, 1.807) is 0 Å². The van der Waals surface area contributed by atoms with Gasteiger partial charge in [0.2, 0.25) is 0 Å². The summed E-state index contributed by atoms with van der Waals surface area (Å²) in [7, 11) is 1.23. The van der Waals surface area contributed by atoms with Gasteiger partial charge in [-0.2, -0.15) is 0 Å². The van der Waals surface area contributed by atoms with Gasteiger partial charge in [-0.05, 0) is 11.6 Å². The fourth-order valence-electron chi connectivity index (χ4n) is 1.70. The Hall–Kier alpha value is -2.56. The van der Waals surface area contributed by atoms with E-state index in [9.17, 15) is 9.18 Å². The number of nitrogen functional groups attached to an aromatic ring is 1. The Morgan fingerprint density at radius 2 is 1.95 bits per heavy atom. The van der Waals surface area contributed by atoms with Crippen molar-refractivity contribution in [3.05, 3.63) is 59.4 Å². The summed E-state index contributed by atoms with van der Waals surface area (Å²) in [6.45, 7) is 0.197. The summed E-state index contributed by atoms with van der Waals surface area (Å²) in [6.07, 6.45) is 0. The van der Waals surface area contributed by atoms with E-state index in [-0.39, 0.29) is 23.6 Å². The van der Waals surface area contributed by atoms with E-state index in [0.717, 1.165) is 11.6 Å². The summed E-state index contributed by atoms with van der Waals surface area (Å²) in [5.74, 6) is -1.29. The van der Waals surface area contributed by atoms with E-state index < -0.39 is 11.8 Å². The van der Waals surface area contributed by atoms with Gasteiger partial charge in [-0.1, -0.05) is 30.3 Å². The van der Waals surface area contributed by atoms with Crippen LogP contribution in [-0.2, 0) is 11.3 Å². The van der Waals surface area contributed by atoms with Crippen LogP contribution < -0.4 is 10.5 Å². The van der Waals surface area contributed by atoms with E-state index in [0.29, 0.717) is 0 Å². The first-order valence-electron chi connectivity index (χ1n) is 5.96. The van der Waals surface area contributed by atoms with Crippen LogP contribution in [0.1, 0.15) is 15.9 Å². The minimum Gasteiger partial charge on any atom is -0.486 e. The number of carbonyl (C=O) groups is 1. The molecule has 2 N–H and O–H groups in total. The Morgan fingerprint density at radius 3 is 2.60 bits per heavy atom. The molecule has 0 spiro atoms. The normalized spacial score (nSPS) is 10.1. The lowest BCUT2D eigenvalue weighted by atomic mass is 10.1. The van der Waals surface area contributed by atoms with Gasteiger partial charge in [0.15, 0.2) is 11.6 Å². The third kappa shape index (κ3) is 3.06. The second-order valence-corrected chi connectivity index (χ2v) is 4.14. The highest BCUT2D eigenvalue weighted by atomic mass is 19.1. The second kappa shape index (κ2) is 6.06. The topological polar surface area (TPSA) is 61.5 Å². The van der Waals surface area contributed by atoms with E-state index in [2.05, 4.69) is 4.74 Å². The number of carbonyl (C=O) groups excluding carboxylic acids is 1. The van der Waals surface area contributed by atoms with Crippen molar-refractivity contribution in [1.82, 2.24) is 0 Å². The Labute approximate surface area is 115 Å². The number of methoxy groups -OCH3 is 1. The number of halogens is 1. The van der Waals surface area contributed by atoms with Gasteiger partial charge in [-0.25, -0.2) is 9.18 Å². The summed E-state index contributed by atoms with van der Waals surface area (Å²) in [6, 6.07) is 11.6. The average molecular weight is 275 g/mol. The minimum atomic E-state index is -0.632.